The smallest absolute Gasteiger partial charge is 0.407 e. The van der Waals surface area contributed by atoms with Crippen LogP contribution in [0.2, 0.25) is 5.04 Å². The molecule has 1 N–H and O–H groups in total. The first-order valence-electron chi connectivity index (χ1n) is 15.7. The Morgan fingerprint density at radius 3 is 1.98 bits per heavy atom. The van der Waals surface area contributed by atoms with Crippen molar-refractivity contribution >= 4 is 30.6 Å². The SMILES string of the molecule is CC(C)(C)OC(=O)N[C@@H](CCCC(=O)CCC[C@H]1COC(C)(C)O1)CO[Si](c1ccccc1)(c1ccccc1)C(C)(C)C. The molecular formula is C35H53NO6Si. The molecule has 8 heteroatoms. The topological polar surface area (TPSA) is 83.1 Å². The normalized spacial score (nSPS) is 17.8. The van der Waals surface area contributed by atoms with E-state index in [2.05, 4.69) is 74.6 Å². The molecule has 0 saturated carbocycles. The van der Waals surface area contributed by atoms with E-state index in [-0.39, 0.29) is 23.0 Å². The lowest BCUT2D eigenvalue weighted by molar-refractivity contribution is -0.139. The zero-order valence-electron chi connectivity index (χ0n) is 27.5. The van der Waals surface area contributed by atoms with Crippen LogP contribution in [0.3, 0.4) is 0 Å². The number of hydrogen-bond donors (Lipinski definition) is 1. The molecule has 3 rings (SSSR count). The lowest BCUT2D eigenvalue weighted by Gasteiger charge is -2.43. The number of Topliss-reactive ketones (excluding diaryl/α,β-unsaturated/α-hetero) is 1. The van der Waals surface area contributed by atoms with Crippen molar-refractivity contribution in [2.24, 2.45) is 0 Å². The van der Waals surface area contributed by atoms with Crippen molar-refractivity contribution in [1.29, 1.82) is 0 Å². The Hall–Kier alpha value is -2.52. The maximum absolute atomic E-state index is 12.9. The van der Waals surface area contributed by atoms with Crippen LogP contribution in [-0.4, -0.2) is 56.9 Å². The van der Waals surface area contributed by atoms with Crippen molar-refractivity contribution < 1.29 is 28.2 Å². The Bertz CT molecular complexity index is 1120. The number of carbonyl (C=O) groups is 2. The molecule has 2 aromatic carbocycles. The molecule has 1 saturated heterocycles. The van der Waals surface area contributed by atoms with E-state index < -0.39 is 25.8 Å². The number of hydrogen-bond acceptors (Lipinski definition) is 6. The van der Waals surface area contributed by atoms with Crippen molar-refractivity contribution in [2.45, 2.75) is 122 Å². The molecule has 2 aromatic rings. The molecule has 1 aliphatic heterocycles. The lowest BCUT2D eigenvalue weighted by atomic mass is 10.0. The van der Waals surface area contributed by atoms with Gasteiger partial charge in [0.2, 0.25) is 0 Å². The van der Waals surface area contributed by atoms with E-state index in [1.54, 1.807) is 0 Å². The molecule has 1 aliphatic rings. The summed E-state index contributed by atoms with van der Waals surface area (Å²) in [6.45, 7) is 17.0. The molecule has 0 unspecified atom stereocenters. The Kier molecular flexibility index (Phi) is 12.2. The van der Waals surface area contributed by atoms with Gasteiger partial charge in [0, 0.05) is 12.8 Å². The standard InChI is InChI=1S/C35H53NO6Si/c1-33(2,3)42-32(38)36-27(17-15-18-28(37)19-16-20-29-26-39-35(7,8)41-29)25-40-43(34(4,5)6,30-21-11-9-12-22-30)31-23-13-10-14-24-31/h9-14,21-24,27,29H,15-20,25-26H2,1-8H3,(H,36,38)/t27-,29-/m0/s1. The Morgan fingerprint density at radius 1 is 0.930 bits per heavy atom. The fourth-order valence-corrected chi connectivity index (χ4v) is 10.4. The molecule has 0 spiro atoms. The van der Waals surface area contributed by atoms with Gasteiger partial charge in [-0.3, -0.25) is 4.79 Å². The van der Waals surface area contributed by atoms with Gasteiger partial charge in [-0.05, 0) is 75.7 Å². The van der Waals surface area contributed by atoms with Gasteiger partial charge >= 0.3 is 6.09 Å². The van der Waals surface area contributed by atoms with Crippen molar-refractivity contribution in [2.75, 3.05) is 13.2 Å². The number of amides is 1. The predicted molar refractivity (Wildman–Crippen MR) is 174 cm³/mol. The van der Waals surface area contributed by atoms with E-state index >= 15 is 0 Å². The van der Waals surface area contributed by atoms with Gasteiger partial charge in [0.15, 0.2) is 5.79 Å². The van der Waals surface area contributed by atoms with Crippen LogP contribution in [0.25, 0.3) is 0 Å². The van der Waals surface area contributed by atoms with Crippen LogP contribution in [0, 0.1) is 0 Å². The minimum absolute atomic E-state index is 0.0452. The van der Waals surface area contributed by atoms with Crippen LogP contribution in [0.4, 0.5) is 4.79 Å². The van der Waals surface area contributed by atoms with Crippen LogP contribution in [-0.2, 0) is 23.4 Å². The molecule has 43 heavy (non-hydrogen) atoms. The van der Waals surface area contributed by atoms with Crippen LogP contribution < -0.4 is 15.7 Å². The molecule has 2 atom stereocenters. The number of carbonyl (C=O) groups excluding carboxylic acids is 2. The number of ether oxygens (including phenoxy) is 3. The minimum Gasteiger partial charge on any atom is -0.444 e. The van der Waals surface area contributed by atoms with Gasteiger partial charge in [0.05, 0.1) is 25.4 Å². The van der Waals surface area contributed by atoms with Gasteiger partial charge in [-0.25, -0.2) is 4.79 Å². The highest BCUT2D eigenvalue weighted by molar-refractivity contribution is 6.99. The van der Waals surface area contributed by atoms with E-state index in [0.717, 1.165) is 12.8 Å². The first-order valence-corrected chi connectivity index (χ1v) is 17.6. The van der Waals surface area contributed by atoms with E-state index in [1.165, 1.54) is 10.4 Å². The van der Waals surface area contributed by atoms with E-state index in [9.17, 15) is 9.59 Å². The van der Waals surface area contributed by atoms with Gasteiger partial charge < -0.3 is 24.0 Å². The molecule has 0 bridgehead atoms. The van der Waals surface area contributed by atoms with Crippen molar-refractivity contribution in [3.05, 3.63) is 60.7 Å². The number of rotatable bonds is 14. The average molecular weight is 612 g/mol. The molecule has 1 amide bonds. The van der Waals surface area contributed by atoms with Gasteiger partial charge in [-0.15, -0.1) is 0 Å². The third-order valence-electron chi connectivity index (χ3n) is 7.70. The second-order valence-electron chi connectivity index (χ2n) is 14.1. The third-order valence-corrected chi connectivity index (χ3v) is 12.7. The quantitative estimate of drug-likeness (QED) is 0.245. The first kappa shape index (κ1) is 35.0. The number of benzene rings is 2. The second kappa shape index (κ2) is 15.0. The first-order chi connectivity index (χ1) is 20.1. The van der Waals surface area contributed by atoms with Crippen molar-refractivity contribution in [3.63, 3.8) is 0 Å². The van der Waals surface area contributed by atoms with E-state index in [4.69, 9.17) is 18.6 Å². The highest BCUT2D eigenvalue weighted by Crippen LogP contribution is 2.37. The highest BCUT2D eigenvalue weighted by Gasteiger charge is 2.50. The van der Waals surface area contributed by atoms with Crippen molar-refractivity contribution in [3.8, 4) is 0 Å². The summed E-state index contributed by atoms with van der Waals surface area (Å²) in [5.41, 5.74) is -0.618. The summed E-state index contributed by atoms with van der Waals surface area (Å²) in [5.74, 6) is -0.316. The fourth-order valence-electron chi connectivity index (χ4n) is 5.76. The Labute approximate surface area is 260 Å². The molecule has 0 radical (unpaired) electrons. The van der Waals surface area contributed by atoms with Crippen LogP contribution >= 0.6 is 0 Å². The zero-order chi connectivity index (χ0) is 31.7. The van der Waals surface area contributed by atoms with Crippen molar-refractivity contribution in [1.82, 2.24) is 5.32 Å². The highest BCUT2D eigenvalue weighted by atomic mass is 28.4. The number of alkyl carbamates (subject to hydrolysis) is 1. The van der Waals surface area contributed by atoms with Crippen LogP contribution in [0.15, 0.2) is 60.7 Å². The summed E-state index contributed by atoms with van der Waals surface area (Å²) in [7, 11) is -2.79. The Balaban J connectivity index is 1.70. The minimum atomic E-state index is -2.79. The van der Waals surface area contributed by atoms with Gasteiger partial charge in [0.25, 0.3) is 8.32 Å². The number of nitrogens with one attached hydrogen (secondary N) is 1. The maximum Gasteiger partial charge on any atom is 0.407 e. The molecule has 1 heterocycles. The number of ketones is 1. The molecule has 0 aliphatic carbocycles. The molecule has 7 nitrogen and oxygen atoms in total. The van der Waals surface area contributed by atoms with Crippen LogP contribution in [0.1, 0.15) is 93.9 Å². The zero-order valence-corrected chi connectivity index (χ0v) is 28.5. The summed E-state index contributed by atoms with van der Waals surface area (Å²) in [4.78, 5) is 25.6. The fraction of sp³-hybridized carbons (Fsp3) is 0.600. The van der Waals surface area contributed by atoms with Gasteiger partial charge in [0.1, 0.15) is 11.4 Å². The van der Waals surface area contributed by atoms with E-state index in [0.29, 0.717) is 38.9 Å². The summed E-state index contributed by atoms with van der Waals surface area (Å²) in [6.07, 6.45) is 3.39. The van der Waals surface area contributed by atoms with Gasteiger partial charge in [-0.2, -0.15) is 0 Å². The van der Waals surface area contributed by atoms with Gasteiger partial charge in [-0.1, -0.05) is 81.4 Å². The second-order valence-corrected chi connectivity index (χ2v) is 18.4. The molecule has 1 fully saturated rings. The summed E-state index contributed by atoms with van der Waals surface area (Å²) in [5, 5.41) is 5.23. The summed E-state index contributed by atoms with van der Waals surface area (Å²) >= 11 is 0. The van der Waals surface area contributed by atoms with Crippen LogP contribution in [0.5, 0.6) is 0 Å². The molecule has 0 aromatic heterocycles. The monoisotopic (exact) mass is 611 g/mol. The summed E-state index contributed by atoms with van der Waals surface area (Å²) < 4.78 is 24.2. The predicted octanol–water partition coefficient (Wildman–Crippen LogP) is 6.52. The largest absolute Gasteiger partial charge is 0.444 e. The average Bonchev–Trinajstić information content (AvgIpc) is 3.26. The lowest BCUT2D eigenvalue weighted by Crippen LogP contribution is -2.67. The maximum atomic E-state index is 12.9. The Morgan fingerprint density at radius 2 is 1.49 bits per heavy atom. The molecular weight excluding hydrogens is 558 g/mol. The third kappa shape index (κ3) is 10.6. The van der Waals surface area contributed by atoms with E-state index in [1.807, 2.05) is 46.8 Å². The molecule has 238 valence electrons. The summed E-state index contributed by atoms with van der Waals surface area (Å²) in [6, 6.07) is 20.6.